The molecule has 1 fully saturated rings. The van der Waals surface area contributed by atoms with E-state index in [-0.39, 0.29) is 11.3 Å². The van der Waals surface area contributed by atoms with Crippen molar-refractivity contribution in [3.8, 4) is 5.75 Å². The highest BCUT2D eigenvalue weighted by Gasteiger charge is 2.20. The number of rotatable bonds is 7. The van der Waals surface area contributed by atoms with Gasteiger partial charge in [0.25, 0.3) is 5.91 Å². The Morgan fingerprint density at radius 1 is 1.32 bits per heavy atom. The number of pyridine rings is 1. The Balaban J connectivity index is 1.50. The molecule has 0 unspecified atom stereocenters. The van der Waals surface area contributed by atoms with Crippen molar-refractivity contribution >= 4 is 29.2 Å². The number of benzene rings is 1. The number of anilines is 1. The predicted molar refractivity (Wildman–Crippen MR) is 104 cm³/mol. The van der Waals surface area contributed by atoms with Crippen LogP contribution in [0.1, 0.15) is 30.1 Å². The average molecular weight is 405 g/mol. The van der Waals surface area contributed by atoms with Gasteiger partial charge in [0.1, 0.15) is 12.4 Å². The molecule has 1 aromatic heterocycles. The van der Waals surface area contributed by atoms with E-state index in [1.54, 1.807) is 36.4 Å². The molecule has 148 valence electrons. The lowest BCUT2D eigenvalue weighted by Crippen LogP contribution is -2.30. The first-order valence-corrected chi connectivity index (χ1v) is 9.37. The van der Waals surface area contributed by atoms with Crippen LogP contribution in [-0.4, -0.2) is 42.3 Å². The Bertz CT molecular complexity index is 822. The Morgan fingerprint density at radius 2 is 2.11 bits per heavy atom. The number of aromatic nitrogens is 1. The second kappa shape index (κ2) is 9.52. The molecule has 1 aliphatic heterocycles. The lowest BCUT2D eigenvalue weighted by Gasteiger charge is -2.14. The summed E-state index contributed by atoms with van der Waals surface area (Å²) in [6.07, 6.45) is 2.68. The molecule has 2 heterocycles. The zero-order valence-corrected chi connectivity index (χ0v) is 16.1. The van der Waals surface area contributed by atoms with Crippen molar-refractivity contribution in [1.29, 1.82) is 0 Å². The van der Waals surface area contributed by atoms with Gasteiger partial charge in [0.05, 0.1) is 17.4 Å². The summed E-state index contributed by atoms with van der Waals surface area (Å²) in [6, 6.07) is 9.81. The van der Waals surface area contributed by atoms with E-state index >= 15 is 0 Å². The molecule has 1 N–H and O–H groups in total. The molecule has 2 aromatic rings. The zero-order chi connectivity index (χ0) is 19.9. The van der Waals surface area contributed by atoms with Crippen molar-refractivity contribution in [2.75, 3.05) is 18.5 Å². The molecule has 1 amide bonds. The molecule has 0 aliphatic carbocycles. The molecule has 28 heavy (non-hydrogen) atoms. The van der Waals surface area contributed by atoms with E-state index in [9.17, 15) is 9.59 Å². The first-order valence-electron chi connectivity index (χ1n) is 9.00. The van der Waals surface area contributed by atoms with Crippen molar-refractivity contribution in [1.82, 2.24) is 4.98 Å². The average Bonchev–Trinajstić information content (AvgIpc) is 3.22. The number of carbonyl (C=O) groups is 2. The number of esters is 1. The monoisotopic (exact) mass is 404 g/mol. The lowest BCUT2D eigenvalue weighted by molar-refractivity contribution is -0.123. The molecular formula is C20H21ClN2O5. The van der Waals surface area contributed by atoms with E-state index in [1.807, 2.05) is 0 Å². The third-order valence-corrected chi connectivity index (χ3v) is 4.52. The number of amides is 1. The zero-order valence-electron chi connectivity index (χ0n) is 15.4. The van der Waals surface area contributed by atoms with Gasteiger partial charge in [0, 0.05) is 12.8 Å². The molecule has 0 radical (unpaired) electrons. The minimum absolute atomic E-state index is 0.123. The van der Waals surface area contributed by atoms with E-state index in [2.05, 4.69) is 10.3 Å². The van der Waals surface area contributed by atoms with Gasteiger partial charge in [-0.15, -0.1) is 0 Å². The highest BCUT2D eigenvalue weighted by Crippen LogP contribution is 2.19. The van der Waals surface area contributed by atoms with Gasteiger partial charge in [-0.25, -0.2) is 9.78 Å². The standard InChI is InChI=1S/C20H21ClN2O5/c1-13(19(24)23-17-5-2-10-22-18(17)21)28-20(25)14-6-8-15(9-7-14)27-12-16-4-3-11-26-16/h2,5-10,13,16H,3-4,11-12H2,1H3,(H,23,24)/t13-,16-/m0/s1. The third kappa shape index (κ3) is 5.43. The summed E-state index contributed by atoms with van der Waals surface area (Å²) in [7, 11) is 0. The number of nitrogens with zero attached hydrogens (tertiary/aromatic N) is 1. The summed E-state index contributed by atoms with van der Waals surface area (Å²) < 4.78 is 16.4. The summed E-state index contributed by atoms with van der Waals surface area (Å²) in [6.45, 7) is 2.74. The second-order valence-electron chi connectivity index (χ2n) is 6.35. The number of carbonyl (C=O) groups excluding carboxylic acids is 2. The molecule has 3 rings (SSSR count). The van der Waals surface area contributed by atoms with E-state index in [1.165, 1.54) is 13.1 Å². The van der Waals surface area contributed by atoms with Gasteiger partial charge < -0.3 is 19.5 Å². The van der Waals surface area contributed by atoms with Gasteiger partial charge in [-0.05, 0) is 56.2 Å². The first kappa shape index (κ1) is 20.1. The van der Waals surface area contributed by atoms with E-state index < -0.39 is 18.0 Å². The van der Waals surface area contributed by atoms with Gasteiger partial charge in [-0.1, -0.05) is 11.6 Å². The van der Waals surface area contributed by atoms with Crippen molar-refractivity contribution in [2.45, 2.75) is 32.0 Å². The van der Waals surface area contributed by atoms with Crippen molar-refractivity contribution < 1.29 is 23.8 Å². The van der Waals surface area contributed by atoms with E-state index in [0.29, 0.717) is 23.6 Å². The SMILES string of the molecule is C[C@H](OC(=O)c1ccc(OC[C@@H]2CCCO2)cc1)C(=O)Nc1cccnc1Cl. The maximum absolute atomic E-state index is 12.3. The highest BCUT2D eigenvalue weighted by molar-refractivity contribution is 6.32. The van der Waals surface area contributed by atoms with Crippen LogP contribution in [0.5, 0.6) is 5.75 Å². The smallest absolute Gasteiger partial charge is 0.338 e. The number of ether oxygens (including phenoxy) is 3. The maximum atomic E-state index is 12.3. The summed E-state index contributed by atoms with van der Waals surface area (Å²) in [4.78, 5) is 28.3. The Morgan fingerprint density at radius 3 is 2.79 bits per heavy atom. The molecule has 8 heteroatoms. The quantitative estimate of drug-likeness (QED) is 0.561. The van der Waals surface area contributed by atoms with Crippen LogP contribution in [-0.2, 0) is 14.3 Å². The summed E-state index contributed by atoms with van der Waals surface area (Å²) in [5, 5.41) is 2.74. The Labute approximate surface area is 168 Å². The number of halogens is 1. The normalized spacial score (nSPS) is 17.0. The Kier molecular flexibility index (Phi) is 6.84. The fourth-order valence-corrected chi connectivity index (χ4v) is 2.81. The molecule has 1 aliphatic rings. The topological polar surface area (TPSA) is 86.8 Å². The number of hydrogen-bond acceptors (Lipinski definition) is 6. The minimum atomic E-state index is -1.00. The molecule has 7 nitrogen and oxygen atoms in total. The van der Waals surface area contributed by atoms with Crippen LogP contribution < -0.4 is 10.1 Å². The first-order chi connectivity index (χ1) is 13.5. The number of nitrogens with one attached hydrogen (secondary N) is 1. The summed E-state index contributed by atoms with van der Waals surface area (Å²) in [5.74, 6) is -0.463. The molecule has 1 saturated heterocycles. The van der Waals surface area contributed by atoms with Gasteiger partial charge in [-0.3, -0.25) is 4.79 Å². The minimum Gasteiger partial charge on any atom is -0.491 e. The van der Waals surface area contributed by atoms with E-state index in [4.69, 9.17) is 25.8 Å². The van der Waals surface area contributed by atoms with Crippen LogP contribution in [0.3, 0.4) is 0 Å². The second-order valence-corrected chi connectivity index (χ2v) is 6.71. The van der Waals surface area contributed by atoms with E-state index in [0.717, 1.165) is 19.4 Å². The Hall–Kier alpha value is -2.64. The van der Waals surface area contributed by atoms with Gasteiger partial charge >= 0.3 is 5.97 Å². The van der Waals surface area contributed by atoms with Crippen molar-refractivity contribution in [3.05, 3.63) is 53.3 Å². The van der Waals surface area contributed by atoms with Crippen LogP contribution >= 0.6 is 11.6 Å². The molecule has 0 bridgehead atoms. The third-order valence-electron chi connectivity index (χ3n) is 4.22. The van der Waals surface area contributed by atoms with Crippen LogP contribution in [0.25, 0.3) is 0 Å². The highest BCUT2D eigenvalue weighted by atomic mass is 35.5. The van der Waals surface area contributed by atoms with Crippen LogP contribution in [0.15, 0.2) is 42.6 Å². The number of hydrogen-bond donors (Lipinski definition) is 1. The molecular weight excluding hydrogens is 384 g/mol. The summed E-state index contributed by atoms with van der Waals surface area (Å²) >= 11 is 5.90. The van der Waals surface area contributed by atoms with Crippen molar-refractivity contribution in [2.24, 2.45) is 0 Å². The van der Waals surface area contributed by atoms with Gasteiger partial charge in [-0.2, -0.15) is 0 Å². The van der Waals surface area contributed by atoms with Crippen LogP contribution in [0, 0.1) is 0 Å². The van der Waals surface area contributed by atoms with Gasteiger partial charge in [0.15, 0.2) is 11.3 Å². The molecule has 1 aromatic carbocycles. The largest absolute Gasteiger partial charge is 0.491 e. The predicted octanol–water partition coefficient (Wildman–Crippen LogP) is 3.48. The van der Waals surface area contributed by atoms with Crippen LogP contribution in [0.4, 0.5) is 5.69 Å². The summed E-state index contributed by atoms with van der Waals surface area (Å²) in [5.41, 5.74) is 0.674. The molecule has 2 atom stereocenters. The van der Waals surface area contributed by atoms with Crippen LogP contribution in [0.2, 0.25) is 5.15 Å². The molecule has 0 spiro atoms. The van der Waals surface area contributed by atoms with Gasteiger partial charge in [0.2, 0.25) is 0 Å². The fraction of sp³-hybridized carbons (Fsp3) is 0.350. The lowest BCUT2D eigenvalue weighted by atomic mass is 10.2. The maximum Gasteiger partial charge on any atom is 0.338 e. The van der Waals surface area contributed by atoms with Crippen molar-refractivity contribution in [3.63, 3.8) is 0 Å². The fourth-order valence-electron chi connectivity index (χ4n) is 2.65. The molecule has 0 saturated carbocycles.